The Labute approximate surface area is 121 Å². The Bertz CT molecular complexity index is 465. The van der Waals surface area contributed by atoms with Crippen molar-refractivity contribution < 1.29 is 9.53 Å². The van der Waals surface area contributed by atoms with E-state index in [1.165, 1.54) is 0 Å². The van der Waals surface area contributed by atoms with Crippen LogP contribution in [0.4, 0.5) is 0 Å². The standard InChI is InChI=1S/C14H19BrN2O2/c1-19-13-7-10(15)5-6-11(13)14(18)17-12-4-2-3-9(12)8-16/h5-7,9,12H,2-4,8,16H2,1H3,(H,17,18). The summed E-state index contributed by atoms with van der Waals surface area (Å²) < 4.78 is 6.14. The van der Waals surface area contributed by atoms with Gasteiger partial charge >= 0.3 is 0 Å². The number of carbonyl (C=O) groups excluding carboxylic acids is 1. The van der Waals surface area contributed by atoms with Gasteiger partial charge in [-0.1, -0.05) is 22.4 Å². The van der Waals surface area contributed by atoms with Crippen molar-refractivity contribution in [3.8, 4) is 5.75 Å². The lowest BCUT2D eigenvalue weighted by Crippen LogP contribution is -2.39. The second-order valence-electron chi connectivity index (χ2n) is 4.85. The zero-order valence-corrected chi connectivity index (χ0v) is 12.6. The highest BCUT2D eigenvalue weighted by Gasteiger charge is 2.28. The molecule has 1 aliphatic rings. The molecular formula is C14H19BrN2O2. The summed E-state index contributed by atoms with van der Waals surface area (Å²) in [5, 5.41) is 3.08. The molecule has 1 aromatic carbocycles. The van der Waals surface area contributed by atoms with Crippen molar-refractivity contribution in [2.24, 2.45) is 11.7 Å². The van der Waals surface area contributed by atoms with Gasteiger partial charge in [-0.2, -0.15) is 0 Å². The molecule has 0 heterocycles. The van der Waals surface area contributed by atoms with Gasteiger partial charge in [-0.3, -0.25) is 4.79 Å². The average molecular weight is 327 g/mol. The topological polar surface area (TPSA) is 64.3 Å². The second kappa shape index (κ2) is 6.39. The zero-order valence-electron chi connectivity index (χ0n) is 11.0. The van der Waals surface area contributed by atoms with Crippen LogP contribution in [0, 0.1) is 5.92 Å². The SMILES string of the molecule is COc1cc(Br)ccc1C(=O)NC1CCCC1CN. The van der Waals surface area contributed by atoms with E-state index in [0.717, 1.165) is 23.7 Å². The number of carbonyl (C=O) groups is 1. The van der Waals surface area contributed by atoms with Gasteiger partial charge in [0.05, 0.1) is 12.7 Å². The summed E-state index contributed by atoms with van der Waals surface area (Å²) in [5.41, 5.74) is 6.30. The molecule has 4 nitrogen and oxygen atoms in total. The molecule has 104 valence electrons. The van der Waals surface area contributed by atoms with Gasteiger partial charge in [0.1, 0.15) is 5.75 Å². The van der Waals surface area contributed by atoms with E-state index < -0.39 is 0 Å². The van der Waals surface area contributed by atoms with Crippen LogP contribution >= 0.6 is 15.9 Å². The molecule has 0 aromatic heterocycles. The van der Waals surface area contributed by atoms with Crippen molar-refractivity contribution in [3.63, 3.8) is 0 Å². The molecule has 1 aliphatic carbocycles. The first-order valence-electron chi connectivity index (χ1n) is 6.50. The first kappa shape index (κ1) is 14.3. The lowest BCUT2D eigenvalue weighted by atomic mass is 10.0. The van der Waals surface area contributed by atoms with Crippen molar-refractivity contribution in [3.05, 3.63) is 28.2 Å². The smallest absolute Gasteiger partial charge is 0.255 e. The molecule has 1 amide bonds. The minimum absolute atomic E-state index is 0.0882. The monoisotopic (exact) mass is 326 g/mol. The van der Waals surface area contributed by atoms with Crippen LogP contribution in [-0.2, 0) is 0 Å². The van der Waals surface area contributed by atoms with E-state index in [4.69, 9.17) is 10.5 Å². The minimum atomic E-state index is -0.0882. The van der Waals surface area contributed by atoms with E-state index >= 15 is 0 Å². The van der Waals surface area contributed by atoms with Crippen LogP contribution in [0.3, 0.4) is 0 Å². The van der Waals surface area contributed by atoms with Crippen LogP contribution in [0.5, 0.6) is 5.75 Å². The lowest BCUT2D eigenvalue weighted by Gasteiger charge is -2.20. The minimum Gasteiger partial charge on any atom is -0.496 e. The number of hydrogen-bond donors (Lipinski definition) is 2. The van der Waals surface area contributed by atoms with Crippen molar-refractivity contribution in [1.29, 1.82) is 0 Å². The maximum atomic E-state index is 12.3. The number of methoxy groups -OCH3 is 1. The molecule has 0 aliphatic heterocycles. The molecule has 2 rings (SSSR count). The zero-order chi connectivity index (χ0) is 13.8. The largest absolute Gasteiger partial charge is 0.496 e. The number of amides is 1. The van der Waals surface area contributed by atoms with Gasteiger partial charge < -0.3 is 15.8 Å². The van der Waals surface area contributed by atoms with Crippen LogP contribution < -0.4 is 15.8 Å². The number of rotatable bonds is 4. The van der Waals surface area contributed by atoms with Crippen molar-refractivity contribution in [1.82, 2.24) is 5.32 Å². The Morgan fingerprint density at radius 3 is 3.00 bits per heavy atom. The Hall–Kier alpha value is -1.07. The van der Waals surface area contributed by atoms with Crippen molar-refractivity contribution in [2.45, 2.75) is 25.3 Å². The first-order valence-corrected chi connectivity index (χ1v) is 7.29. The molecule has 2 atom stereocenters. The van der Waals surface area contributed by atoms with E-state index in [1.807, 2.05) is 6.07 Å². The lowest BCUT2D eigenvalue weighted by molar-refractivity contribution is 0.0925. The molecule has 0 radical (unpaired) electrons. The Kier molecular flexibility index (Phi) is 4.82. The number of ether oxygens (including phenoxy) is 1. The van der Waals surface area contributed by atoms with E-state index in [9.17, 15) is 4.79 Å². The van der Waals surface area contributed by atoms with E-state index in [-0.39, 0.29) is 11.9 Å². The summed E-state index contributed by atoms with van der Waals surface area (Å²) in [7, 11) is 1.57. The van der Waals surface area contributed by atoms with Gasteiger partial charge in [-0.25, -0.2) is 0 Å². The van der Waals surface area contributed by atoms with E-state index in [0.29, 0.717) is 23.8 Å². The van der Waals surface area contributed by atoms with Gasteiger partial charge in [-0.05, 0) is 43.5 Å². The van der Waals surface area contributed by atoms with Gasteiger partial charge in [0, 0.05) is 10.5 Å². The van der Waals surface area contributed by atoms with Crippen LogP contribution in [0.25, 0.3) is 0 Å². The highest BCUT2D eigenvalue weighted by atomic mass is 79.9. The highest BCUT2D eigenvalue weighted by molar-refractivity contribution is 9.10. The number of halogens is 1. The van der Waals surface area contributed by atoms with Crippen molar-refractivity contribution >= 4 is 21.8 Å². The maximum absolute atomic E-state index is 12.3. The van der Waals surface area contributed by atoms with E-state index in [2.05, 4.69) is 21.2 Å². The summed E-state index contributed by atoms with van der Waals surface area (Å²) in [6.07, 6.45) is 3.23. The predicted molar refractivity (Wildman–Crippen MR) is 78.3 cm³/mol. The van der Waals surface area contributed by atoms with Crippen LogP contribution in [-0.4, -0.2) is 25.6 Å². The Morgan fingerprint density at radius 2 is 2.32 bits per heavy atom. The van der Waals surface area contributed by atoms with E-state index in [1.54, 1.807) is 19.2 Å². The quantitative estimate of drug-likeness (QED) is 0.892. The number of nitrogens with two attached hydrogens (primary N) is 1. The summed E-state index contributed by atoms with van der Waals surface area (Å²) in [5.74, 6) is 0.884. The fraction of sp³-hybridized carbons (Fsp3) is 0.500. The molecule has 0 saturated heterocycles. The summed E-state index contributed by atoms with van der Waals surface area (Å²) >= 11 is 3.37. The fourth-order valence-electron chi connectivity index (χ4n) is 2.61. The van der Waals surface area contributed by atoms with Crippen LogP contribution in [0.1, 0.15) is 29.6 Å². The van der Waals surface area contributed by atoms with Gasteiger partial charge in [0.15, 0.2) is 0 Å². The summed E-state index contributed by atoms with van der Waals surface area (Å²) in [6.45, 7) is 0.627. The van der Waals surface area contributed by atoms with Gasteiger partial charge in [0.2, 0.25) is 0 Å². The Morgan fingerprint density at radius 1 is 1.53 bits per heavy atom. The predicted octanol–water partition coefficient (Wildman–Crippen LogP) is 2.31. The van der Waals surface area contributed by atoms with Gasteiger partial charge in [-0.15, -0.1) is 0 Å². The van der Waals surface area contributed by atoms with Gasteiger partial charge in [0.25, 0.3) is 5.91 Å². The molecule has 0 spiro atoms. The third-order valence-electron chi connectivity index (χ3n) is 3.69. The normalized spacial score (nSPS) is 22.3. The molecule has 0 bridgehead atoms. The number of nitrogens with one attached hydrogen (secondary N) is 1. The molecule has 1 saturated carbocycles. The fourth-order valence-corrected chi connectivity index (χ4v) is 2.95. The maximum Gasteiger partial charge on any atom is 0.255 e. The second-order valence-corrected chi connectivity index (χ2v) is 5.77. The molecule has 1 fully saturated rings. The van der Waals surface area contributed by atoms with Crippen molar-refractivity contribution in [2.75, 3.05) is 13.7 Å². The molecule has 3 N–H and O–H groups in total. The average Bonchev–Trinajstić information content (AvgIpc) is 2.85. The first-order chi connectivity index (χ1) is 9.15. The molecule has 19 heavy (non-hydrogen) atoms. The summed E-state index contributed by atoms with van der Waals surface area (Å²) in [4.78, 5) is 12.3. The Balaban J connectivity index is 2.11. The number of benzene rings is 1. The molecule has 5 heteroatoms. The number of hydrogen-bond acceptors (Lipinski definition) is 3. The van der Waals surface area contributed by atoms with Crippen LogP contribution in [0.2, 0.25) is 0 Å². The molecule has 2 unspecified atom stereocenters. The third kappa shape index (κ3) is 3.28. The third-order valence-corrected chi connectivity index (χ3v) is 4.18. The molecule has 1 aromatic rings. The highest BCUT2D eigenvalue weighted by Crippen LogP contribution is 2.27. The summed E-state index contributed by atoms with van der Waals surface area (Å²) in [6, 6.07) is 5.59. The molecular weight excluding hydrogens is 308 g/mol. The van der Waals surface area contributed by atoms with Crippen LogP contribution in [0.15, 0.2) is 22.7 Å².